The number of carbonyl (C=O) groups is 1. The lowest BCUT2D eigenvalue weighted by atomic mass is 9.98. The maximum absolute atomic E-state index is 11.3. The highest BCUT2D eigenvalue weighted by Gasteiger charge is 2.36. The van der Waals surface area contributed by atoms with Crippen molar-refractivity contribution in [3.8, 4) is 0 Å². The van der Waals surface area contributed by atoms with Gasteiger partial charge < -0.3 is 16.0 Å². The van der Waals surface area contributed by atoms with Gasteiger partial charge in [0.15, 0.2) is 0 Å². The number of fused-ring (bicyclic) bond motifs is 2. The number of carbonyl (C=O) groups excluding carboxylic acids is 1. The van der Waals surface area contributed by atoms with Gasteiger partial charge in [-0.1, -0.05) is 0 Å². The molecule has 2 fully saturated rings. The largest absolute Gasteiger partial charge is 0.366 e. The molecule has 2 aliphatic rings. The van der Waals surface area contributed by atoms with Gasteiger partial charge in [0.1, 0.15) is 5.82 Å². The molecule has 1 amide bonds. The first-order valence-corrected chi connectivity index (χ1v) is 7.46. The van der Waals surface area contributed by atoms with Crippen molar-refractivity contribution in [2.45, 2.75) is 50.7 Å². The van der Waals surface area contributed by atoms with Crippen LogP contribution in [0.1, 0.15) is 43.0 Å². The Balaban J connectivity index is 1.82. The van der Waals surface area contributed by atoms with Gasteiger partial charge in [-0.25, -0.2) is 4.98 Å². The molecule has 2 unspecified atom stereocenters. The molecular formula is C15H22N4O. The second-order valence-corrected chi connectivity index (χ2v) is 5.82. The van der Waals surface area contributed by atoms with E-state index in [-0.39, 0.29) is 0 Å². The van der Waals surface area contributed by atoms with Crippen molar-refractivity contribution in [1.29, 1.82) is 0 Å². The van der Waals surface area contributed by atoms with Gasteiger partial charge in [0, 0.05) is 36.4 Å². The third-order valence-electron chi connectivity index (χ3n) is 4.55. The van der Waals surface area contributed by atoms with Crippen LogP contribution in [0.4, 0.5) is 5.82 Å². The van der Waals surface area contributed by atoms with E-state index < -0.39 is 5.91 Å². The highest BCUT2D eigenvalue weighted by Crippen LogP contribution is 2.31. The zero-order chi connectivity index (χ0) is 14.1. The van der Waals surface area contributed by atoms with Crippen molar-refractivity contribution >= 4 is 11.7 Å². The van der Waals surface area contributed by atoms with Crippen molar-refractivity contribution in [2.75, 3.05) is 11.4 Å². The lowest BCUT2D eigenvalue weighted by Crippen LogP contribution is -2.48. The normalized spacial score (nSPS) is 28.4. The second kappa shape index (κ2) is 5.40. The Bertz CT molecular complexity index is 492. The number of nitrogens with zero attached hydrogens (tertiary/aromatic N) is 2. The molecule has 1 aromatic heterocycles. The van der Waals surface area contributed by atoms with Crippen LogP contribution in [-0.2, 0) is 0 Å². The molecular weight excluding hydrogens is 252 g/mol. The number of anilines is 1. The van der Waals surface area contributed by atoms with Crippen LogP contribution in [0.15, 0.2) is 18.3 Å². The Hall–Kier alpha value is -1.62. The number of nitrogens with one attached hydrogen (secondary N) is 1. The van der Waals surface area contributed by atoms with E-state index in [1.54, 1.807) is 12.3 Å². The van der Waals surface area contributed by atoms with Gasteiger partial charge in [0.25, 0.3) is 0 Å². The summed E-state index contributed by atoms with van der Waals surface area (Å²) in [5, 5.41) is 3.66. The maximum Gasteiger partial charge on any atom is 0.248 e. The SMILES string of the molecule is CCN(c1cc(C(N)=O)ccn1)C1CC2CCC(C1)N2. The predicted molar refractivity (Wildman–Crippen MR) is 78.7 cm³/mol. The number of hydrogen-bond donors (Lipinski definition) is 2. The van der Waals surface area contributed by atoms with Crippen molar-refractivity contribution < 1.29 is 4.79 Å². The van der Waals surface area contributed by atoms with Gasteiger partial charge in [0.05, 0.1) is 0 Å². The summed E-state index contributed by atoms with van der Waals surface area (Å²) in [5.74, 6) is 0.477. The first-order valence-electron chi connectivity index (χ1n) is 7.46. The number of amides is 1. The van der Waals surface area contributed by atoms with E-state index in [1.165, 1.54) is 12.8 Å². The summed E-state index contributed by atoms with van der Waals surface area (Å²) < 4.78 is 0. The third kappa shape index (κ3) is 2.50. The first-order chi connectivity index (χ1) is 9.67. The number of pyridine rings is 1. The van der Waals surface area contributed by atoms with Crippen molar-refractivity contribution in [3.05, 3.63) is 23.9 Å². The van der Waals surface area contributed by atoms with Crippen LogP contribution >= 0.6 is 0 Å². The van der Waals surface area contributed by atoms with Gasteiger partial charge >= 0.3 is 0 Å². The average molecular weight is 274 g/mol. The monoisotopic (exact) mass is 274 g/mol. The third-order valence-corrected chi connectivity index (χ3v) is 4.55. The molecule has 0 spiro atoms. The molecule has 2 aliphatic heterocycles. The van der Waals surface area contributed by atoms with Gasteiger partial charge in [-0.3, -0.25) is 4.79 Å². The summed E-state index contributed by atoms with van der Waals surface area (Å²) >= 11 is 0. The number of aromatic nitrogens is 1. The van der Waals surface area contributed by atoms with Crippen LogP contribution in [0, 0.1) is 0 Å². The molecule has 1 aromatic rings. The summed E-state index contributed by atoms with van der Waals surface area (Å²) in [6.07, 6.45) is 6.56. The summed E-state index contributed by atoms with van der Waals surface area (Å²) in [7, 11) is 0. The van der Waals surface area contributed by atoms with Gasteiger partial charge in [-0.15, -0.1) is 0 Å². The van der Waals surface area contributed by atoms with Crippen molar-refractivity contribution in [1.82, 2.24) is 10.3 Å². The number of nitrogens with two attached hydrogens (primary N) is 1. The molecule has 3 rings (SSSR count). The minimum atomic E-state index is -0.393. The van der Waals surface area contributed by atoms with E-state index in [1.807, 2.05) is 6.07 Å². The van der Waals surface area contributed by atoms with Crippen LogP contribution in [0.3, 0.4) is 0 Å². The topological polar surface area (TPSA) is 71.2 Å². The summed E-state index contributed by atoms with van der Waals surface area (Å²) in [4.78, 5) is 18.1. The van der Waals surface area contributed by atoms with E-state index in [0.717, 1.165) is 25.2 Å². The minimum absolute atomic E-state index is 0.393. The van der Waals surface area contributed by atoms with Crippen LogP contribution in [-0.4, -0.2) is 35.6 Å². The zero-order valence-electron chi connectivity index (χ0n) is 11.9. The lowest BCUT2D eigenvalue weighted by molar-refractivity contribution is 0.1000. The smallest absolute Gasteiger partial charge is 0.248 e. The fourth-order valence-electron chi connectivity index (χ4n) is 3.62. The molecule has 2 atom stereocenters. The van der Waals surface area contributed by atoms with Gasteiger partial charge in [0.2, 0.25) is 5.91 Å². The molecule has 5 heteroatoms. The molecule has 2 bridgehead atoms. The zero-order valence-corrected chi connectivity index (χ0v) is 11.9. The number of piperidine rings is 1. The number of rotatable bonds is 4. The molecule has 0 saturated carbocycles. The Kier molecular flexibility index (Phi) is 3.61. The van der Waals surface area contributed by atoms with Crippen LogP contribution in [0.5, 0.6) is 0 Å². The molecule has 20 heavy (non-hydrogen) atoms. The van der Waals surface area contributed by atoms with Crippen LogP contribution in [0.25, 0.3) is 0 Å². The molecule has 5 nitrogen and oxygen atoms in total. The Labute approximate surface area is 119 Å². The molecule has 0 radical (unpaired) electrons. The minimum Gasteiger partial charge on any atom is -0.366 e. The number of primary amides is 1. The predicted octanol–water partition coefficient (Wildman–Crippen LogP) is 1.29. The molecule has 0 aromatic carbocycles. The maximum atomic E-state index is 11.3. The van der Waals surface area contributed by atoms with Gasteiger partial charge in [-0.05, 0) is 44.7 Å². The fourth-order valence-corrected chi connectivity index (χ4v) is 3.62. The second-order valence-electron chi connectivity index (χ2n) is 5.82. The van der Waals surface area contributed by atoms with E-state index in [2.05, 4.69) is 22.1 Å². The van der Waals surface area contributed by atoms with E-state index in [0.29, 0.717) is 23.7 Å². The standard InChI is InChI=1S/C15H22N4O/c1-2-19(13-8-11-3-4-12(9-13)18-11)14-7-10(15(16)20)5-6-17-14/h5-7,11-13,18H,2-4,8-9H2,1H3,(H2,16,20). The van der Waals surface area contributed by atoms with Gasteiger partial charge in [-0.2, -0.15) is 0 Å². The molecule has 2 saturated heterocycles. The van der Waals surface area contributed by atoms with E-state index in [9.17, 15) is 4.79 Å². The van der Waals surface area contributed by atoms with E-state index in [4.69, 9.17) is 5.73 Å². The number of hydrogen-bond acceptors (Lipinski definition) is 4. The molecule has 108 valence electrons. The Morgan fingerprint density at radius 2 is 2.15 bits per heavy atom. The van der Waals surface area contributed by atoms with E-state index >= 15 is 0 Å². The first kappa shape index (κ1) is 13.4. The quantitative estimate of drug-likeness (QED) is 0.868. The van der Waals surface area contributed by atoms with Crippen LogP contribution in [0.2, 0.25) is 0 Å². The highest BCUT2D eigenvalue weighted by molar-refractivity contribution is 5.93. The Morgan fingerprint density at radius 1 is 1.45 bits per heavy atom. The van der Waals surface area contributed by atoms with Crippen LogP contribution < -0.4 is 16.0 Å². The molecule has 3 N–H and O–H groups in total. The lowest BCUT2D eigenvalue weighted by Gasteiger charge is -2.38. The molecule has 0 aliphatic carbocycles. The molecule has 3 heterocycles. The highest BCUT2D eigenvalue weighted by atomic mass is 16.1. The summed E-state index contributed by atoms with van der Waals surface area (Å²) in [6, 6.07) is 5.29. The summed E-state index contributed by atoms with van der Waals surface area (Å²) in [5.41, 5.74) is 5.89. The van der Waals surface area contributed by atoms with Crippen molar-refractivity contribution in [2.24, 2.45) is 5.73 Å². The van der Waals surface area contributed by atoms with Crippen molar-refractivity contribution in [3.63, 3.8) is 0 Å². The fraction of sp³-hybridized carbons (Fsp3) is 0.600. The average Bonchev–Trinajstić information content (AvgIpc) is 2.79. The summed E-state index contributed by atoms with van der Waals surface area (Å²) in [6.45, 7) is 3.04. The Morgan fingerprint density at radius 3 is 2.75 bits per heavy atom.